The van der Waals surface area contributed by atoms with Gasteiger partial charge in [-0.3, -0.25) is 14.4 Å². The van der Waals surface area contributed by atoms with Gasteiger partial charge in [-0.25, -0.2) is 4.39 Å². The van der Waals surface area contributed by atoms with Crippen LogP contribution in [0.15, 0.2) is 36.5 Å². The van der Waals surface area contributed by atoms with E-state index in [9.17, 15) is 18.8 Å². The van der Waals surface area contributed by atoms with Crippen molar-refractivity contribution in [2.45, 2.75) is 31.7 Å². The highest BCUT2D eigenvalue weighted by Gasteiger charge is 2.41. The molecule has 2 aromatic heterocycles. The largest absolute Gasteiger partial charge is 0.361 e. The van der Waals surface area contributed by atoms with Gasteiger partial charge in [0.15, 0.2) is 5.78 Å². The first-order valence-corrected chi connectivity index (χ1v) is 11.4. The van der Waals surface area contributed by atoms with Gasteiger partial charge in [-0.05, 0) is 75.2 Å². The molecule has 1 aliphatic heterocycles. The van der Waals surface area contributed by atoms with Gasteiger partial charge in [-0.2, -0.15) is 0 Å². The molecule has 0 saturated carbocycles. The van der Waals surface area contributed by atoms with Gasteiger partial charge in [-0.1, -0.05) is 0 Å². The zero-order valence-corrected chi connectivity index (χ0v) is 18.5. The second-order valence-electron chi connectivity index (χ2n) is 8.02. The number of carbonyl (C=O) groups is 3. The van der Waals surface area contributed by atoms with Crippen LogP contribution in [-0.4, -0.2) is 47.8 Å². The van der Waals surface area contributed by atoms with Gasteiger partial charge in [-0.15, -0.1) is 11.3 Å². The number of piperidine rings is 1. The third-order valence-electron chi connectivity index (χ3n) is 5.83. The first kappa shape index (κ1) is 22.2. The summed E-state index contributed by atoms with van der Waals surface area (Å²) in [6, 6.07) is 7.81. The zero-order chi connectivity index (χ0) is 22.7. The quantitative estimate of drug-likeness (QED) is 0.411. The van der Waals surface area contributed by atoms with Gasteiger partial charge in [0.25, 0.3) is 5.91 Å². The van der Waals surface area contributed by atoms with Crippen LogP contribution in [0.25, 0.3) is 10.9 Å². The van der Waals surface area contributed by atoms with Crippen molar-refractivity contribution < 1.29 is 18.8 Å². The topological polar surface area (TPSA) is 103 Å². The maximum Gasteiger partial charge on any atom is 0.262 e. The average Bonchev–Trinajstić information content (AvgIpc) is 3.42. The van der Waals surface area contributed by atoms with Crippen LogP contribution in [-0.2, 0) is 11.2 Å². The molecule has 4 rings (SSSR count). The van der Waals surface area contributed by atoms with Crippen LogP contribution in [0, 0.1) is 5.82 Å². The Morgan fingerprint density at radius 3 is 2.59 bits per heavy atom. The second kappa shape index (κ2) is 9.22. The number of amides is 2. The molecule has 0 aliphatic carbocycles. The fourth-order valence-electron chi connectivity index (χ4n) is 4.03. The lowest BCUT2D eigenvalue weighted by Crippen LogP contribution is -2.63. The van der Waals surface area contributed by atoms with Crippen LogP contribution in [0.3, 0.4) is 0 Å². The minimum atomic E-state index is -1.02. The number of benzene rings is 1. The fraction of sp³-hybridized carbons (Fsp3) is 0.348. The first-order valence-electron chi connectivity index (χ1n) is 10.6. The van der Waals surface area contributed by atoms with E-state index >= 15 is 0 Å². The monoisotopic (exact) mass is 456 g/mol. The molecular formula is C23H25FN4O3S. The van der Waals surface area contributed by atoms with Gasteiger partial charge in [0.05, 0.1) is 9.75 Å². The number of halogens is 1. The van der Waals surface area contributed by atoms with Gasteiger partial charge >= 0.3 is 0 Å². The molecule has 1 saturated heterocycles. The van der Waals surface area contributed by atoms with E-state index in [1.807, 2.05) is 6.20 Å². The number of Topliss-reactive ketones (excluding diaryl/α,β-unsaturated/α-hetero) is 1. The van der Waals surface area contributed by atoms with Crippen molar-refractivity contribution in [2.75, 3.05) is 19.6 Å². The second-order valence-corrected chi connectivity index (χ2v) is 9.10. The molecule has 1 aromatic carbocycles. The van der Waals surface area contributed by atoms with E-state index in [0.29, 0.717) is 48.7 Å². The summed E-state index contributed by atoms with van der Waals surface area (Å²) in [5.74, 6) is -0.992. The Hall–Kier alpha value is -3.04. The maximum absolute atomic E-state index is 13.6. The summed E-state index contributed by atoms with van der Waals surface area (Å²) in [6.07, 6.45) is 3.29. The van der Waals surface area contributed by atoms with E-state index in [4.69, 9.17) is 0 Å². The summed E-state index contributed by atoms with van der Waals surface area (Å²) < 4.78 is 13.6. The molecule has 1 aliphatic rings. The number of thiophene rings is 1. The predicted octanol–water partition coefficient (Wildman–Crippen LogP) is 2.78. The highest BCUT2D eigenvalue weighted by Crippen LogP contribution is 2.23. The molecule has 7 nitrogen and oxygen atoms in total. The molecule has 2 amide bonds. The Morgan fingerprint density at radius 1 is 1.12 bits per heavy atom. The summed E-state index contributed by atoms with van der Waals surface area (Å²) in [7, 11) is 0. The number of aromatic nitrogens is 1. The van der Waals surface area contributed by atoms with Crippen LogP contribution in [0.5, 0.6) is 0 Å². The van der Waals surface area contributed by atoms with Gasteiger partial charge in [0.2, 0.25) is 5.91 Å². The molecule has 4 N–H and O–H groups in total. The minimum Gasteiger partial charge on any atom is -0.361 e. The van der Waals surface area contributed by atoms with Crippen LogP contribution in [0.4, 0.5) is 4.39 Å². The molecule has 3 aromatic rings. The number of nitrogens with one attached hydrogen (secondary N) is 4. The van der Waals surface area contributed by atoms with Crippen molar-refractivity contribution in [2.24, 2.45) is 0 Å². The van der Waals surface area contributed by atoms with Crippen molar-refractivity contribution in [3.05, 3.63) is 57.7 Å². The Balaban J connectivity index is 1.43. The van der Waals surface area contributed by atoms with Crippen molar-refractivity contribution in [3.8, 4) is 0 Å². The molecule has 3 heterocycles. The number of hydrogen-bond acceptors (Lipinski definition) is 5. The Labute approximate surface area is 188 Å². The summed E-state index contributed by atoms with van der Waals surface area (Å²) >= 11 is 1.12. The number of aromatic amines is 1. The van der Waals surface area contributed by atoms with E-state index in [0.717, 1.165) is 27.8 Å². The maximum atomic E-state index is 13.6. The Kier molecular flexibility index (Phi) is 6.38. The molecule has 0 spiro atoms. The number of H-pyrrole nitrogens is 1. The number of carbonyl (C=O) groups excluding carboxylic acids is 3. The van der Waals surface area contributed by atoms with Gasteiger partial charge in [0.1, 0.15) is 11.4 Å². The molecule has 168 valence electrons. The molecule has 9 heteroatoms. The first-order chi connectivity index (χ1) is 15.4. The van der Waals surface area contributed by atoms with Gasteiger partial charge in [0, 0.05) is 23.6 Å². The number of rotatable bonds is 7. The van der Waals surface area contributed by atoms with E-state index in [2.05, 4.69) is 20.9 Å². The number of fused-ring (bicyclic) bond motifs is 1. The number of hydrogen-bond donors (Lipinski definition) is 4. The molecule has 0 bridgehead atoms. The lowest BCUT2D eigenvalue weighted by atomic mass is 9.87. The average molecular weight is 457 g/mol. The minimum absolute atomic E-state index is 0.0967. The summed E-state index contributed by atoms with van der Waals surface area (Å²) in [5, 5.41) is 9.90. The van der Waals surface area contributed by atoms with Crippen molar-refractivity contribution in [3.63, 3.8) is 0 Å². The van der Waals surface area contributed by atoms with E-state index in [1.165, 1.54) is 19.1 Å². The van der Waals surface area contributed by atoms with Crippen LogP contribution < -0.4 is 16.0 Å². The van der Waals surface area contributed by atoms with E-state index in [-0.39, 0.29) is 23.4 Å². The summed E-state index contributed by atoms with van der Waals surface area (Å²) in [4.78, 5) is 41.6. The predicted molar refractivity (Wildman–Crippen MR) is 122 cm³/mol. The van der Waals surface area contributed by atoms with Crippen LogP contribution in [0.2, 0.25) is 0 Å². The Morgan fingerprint density at radius 2 is 1.88 bits per heavy atom. The lowest BCUT2D eigenvalue weighted by molar-refractivity contribution is -0.128. The number of ketones is 1. The summed E-state index contributed by atoms with van der Waals surface area (Å²) in [6.45, 7) is 3.04. The highest BCUT2D eigenvalue weighted by atomic mass is 32.1. The van der Waals surface area contributed by atoms with E-state index in [1.54, 1.807) is 18.2 Å². The zero-order valence-electron chi connectivity index (χ0n) is 17.7. The fourth-order valence-corrected chi connectivity index (χ4v) is 4.82. The molecule has 0 atom stereocenters. The van der Waals surface area contributed by atoms with E-state index < -0.39 is 5.54 Å². The van der Waals surface area contributed by atoms with Gasteiger partial charge < -0.3 is 20.9 Å². The molecule has 0 unspecified atom stereocenters. The normalized spacial score (nSPS) is 15.4. The smallest absolute Gasteiger partial charge is 0.262 e. The standard InChI is InChI=1S/C23H25FN4O3S/c1-14(29)19-4-5-20(32-19)21(30)28-23(7-10-25-11-8-23)22(31)26-9-6-15-13-27-18-3-2-16(24)12-17(15)18/h2-5,12-13,25,27H,6-11H2,1H3,(H,26,31)(H,28,30). The van der Waals surface area contributed by atoms with Crippen LogP contribution >= 0.6 is 11.3 Å². The SMILES string of the molecule is CC(=O)c1ccc(C(=O)NC2(C(=O)NCCc3c[nH]c4ccc(F)cc34)CCNCC2)s1. The molecular weight excluding hydrogens is 431 g/mol. The highest BCUT2D eigenvalue weighted by molar-refractivity contribution is 7.16. The van der Waals surface area contributed by atoms with Crippen molar-refractivity contribution in [1.29, 1.82) is 0 Å². The molecule has 1 fully saturated rings. The van der Waals surface area contributed by atoms with Crippen molar-refractivity contribution >= 4 is 39.8 Å². The molecule has 0 radical (unpaired) electrons. The molecule has 32 heavy (non-hydrogen) atoms. The van der Waals surface area contributed by atoms with Crippen molar-refractivity contribution in [1.82, 2.24) is 20.9 Å². The lowest BCUT2D eigenvalue weighted by Gasteiger charge is -2.36. The summed E-state index contributed by atoms with van der Waals surface area (Å²) in [5.41, 5.74) is 0.740. The van der Waals surface area contributed by atoms with Crippen LogP contribution in [0.1, 0.15) is 44.7 Å². The third kappa shape index (κ3) is 4.58. The Bertz CT molecular complexity index is 1160. The third-order valence-corrected chi connectivity index (χ3v) is 7.02.